The van der Waals surface area contributed by atoms with Crippen molar-refractivity contribution in [3.05, 3.63) is 11.6 Å². The Morgan fingerprint density at radius 3 is 2.86 bits per heavy atom. The third-order valence-corrected chi connectivity index (χ3v) is 5.28. The minimum Gasteiger partial charge on any atom is -0.377 e. The van der Waals surface area contributed by atoms with Crippen molar-refractivity contribution in [3.63, 3.8) is 0 Å². The summed E-state index contributed by atoms with van der Waals surface area (Å²) in [6.45, 7) is 1.44. The van der Waals surface area contributed by atoms with Gasteiger partial charge in [0.2, 0.25) is 15.9 Å². The number of carbonyl (C=O) groups is 1. The molecule has 1 aliphatic heterocycles. The van der Waals surface area contributed by atoms with Crippen LogP contribution in [0.5, 0.6) is 0 Å². The maximum absolute atomic E-state index is 11.8. The molecule has 7 heteroatoms. The first-order chi connectivity index (χ1) is 10.6. The van der Waals surface area contributed by atoms with E-state index in [1.165, 1.54) is 18.4 Å². The first-order valence-electron chi connectivity index (χ1n) is 8.09. The Kier molecular flexibility index (Phi) is 6.85. The summed E-state index contributed by atoms with van der Waals surface area (Å²) in [5, 5.41) is 2.68. The van der Waals surface area contributed by atoms with Gasteiger partial charge in [0.25, 0.3) is 0 Å². The van der Waals surface area contributed by atoms with Crippen LogP contribution in [0, 0.1) is 0 Å². The average Bonchev–Trinajstić information content (AvgIpc) is 2.99. The molecule has 126 valence electrons. The molecule has 2 N–H and O–H groups in total. The fraction of sp³-hybridized carbons (Fsp3) is 0.800. The van der Waals surface area contributed by atoms with Crippen LogP contribution in [0.1, 0.15) is 44.9 Å². The van der Waals surface area contributed by atoms with Crippen LogP contribution in [0.2, 0.25) is 0 Å². The summed E-state index contributed by atoms with van der Waals surface area (Å²) in [5.41, 5.74) is 1.37. The lowest BCUT2D eigenvalue weighted by Gasteiger charge is -2.13. The largest absolute Gasteiger partial charge is 0.377 e. The highest BCUT2D eigenvalue weighted by Crippen LogP contribution is 2.19. The number of nitrogens with one attached hydrogen (secondary N) is 2. The molecule has 1 aliphatic carbocycles. The first-order valence-corrected chi connectivity index (χ1v) is 9.74. The Balaban J connectivity index is 1.63. The number of carbonyl (C=O) groups excluding carboxylic acids is 1. The van der Waals surface area contributed by atoms with Gasteiger partial charge in [-0.1, -0.05) is 11.6 Å². The smallest absolute Gasteiger partial charge is 0.236 e. The van der Waals surface area contributed by atoms with Gasteiger partial charge >= 0.3 is 0 Å². The summed E-state index contributed by atoms with van der Waals surface area (Å²) >= 11 is 0. The summed E-state index contributed by atoms with van der Waals surface area (Å²) < 4.78 is 31.4. The molecule has 0 spiro atoms. The van der Waals surface area contributed by atoms with Crippen LogP contribution in [0.3, 0.4) is 0 Å². The quantitative estimate of drug-likeness (QED) is 0.653. The zero-order valence-electron chi connectivity index (χ0n) is 13.0. The van der Waals surface area contributed by atoms with Gasteiger partial charge in [-0.25, -0.2) is 13.1 Å². The van der Waals surface area contributed by atoms with Crippen LogP contribution < -0.4 is 10.0 Å². The SMILES string of the molecule is O=C(CS(=O)(=O)NC[C@H]1CCCO1)NCCC1=CCCCC1. The number of sulfonamides is 1. The van der Waals surface area contributed by atoms with Crippen LogP contribution in [-0.4, -0.2) is 45.9 Å². The number of hydrogen-bond donors (Lipinski definition) is 2. The Hall–Kier alpha value is -0.920. The van der Waals surface area contributed by atoms with E-state index in [1.54, 1.807) is 0 Å². The van der Waals surface area contributed by atoms with Crippen molar-refractivity contribution in [1.82, 2.24) is 10.0 Å². The van der Waals surface area contributed by atoms with E-state index >= 15 is 0 Å². The highest BCUT2D eigenvalue weighted by Gasteiger charge is 2.21. The molecule has 0 aromatic carbocycles. The zero-order valence-corrected chi connectivity index (χ0v) is 13.8. The van der Waals surface area contributed by atoms with Crippen molar-refractivity contribution in [2.24, 2.45) is 0 Å². The fourth-order valence-corrected chi connectivity index (χ4v) is 3.78. The highest BCUT2D eigenvalue weighted by molar-refractivity contribution is 7.90. The molecule has 1 amide bonds. The molecule has 0 aromatic heterocycles. The van der Waals surface area contributed by atoms with Gasteiger partial charge in [0, 0.05) is 19.7 Å². The van der Waals surface area contributed by atoms with Crippen molar-refractivity contribution < 1.29 is 17.9 Å². The highest BCUT2D eigenvalue weighted by atomic mass is 32.2. The van der Waals surface area contributed by atoms with Crippen molar-refractivity contribution in [1.29, 1.82) is 0 Å². The molecule has 0 unspecified atom stereocenters. The predicted octanol–water partition coefficient (Wildman–Crippen LogP) is 1.09. The number of hydrogen-bond acceptors (Lipinski definition) is 4. The monoisotopic (exact) mass is 330 g/mol. The topological polar surface area (TPSA) is 84.5 Å². The van der Waals surface area contributed by atoms with Crippen LogP contribution in [0.15, 0.2) is 11.6 Å². The molecule has 0 radical (unpaired) electrons. The first kappa shape index (κ1) is 17.4. The van der Waals surface area contributed by atoms with E-state index in [-0.39, 0.29) is 12.6 Å². The molecule has 2 rings (SSSR count). The van der Waals surface area contributed by atoms with Crippen LogP contribution in [-0.2, 0) is 19.6 Å². The Labute approximate surface area is 132 Å². The van der Waals surface area contributed by atoms with E-state index in [2.05, 4.69) is 16.1 Å². The molecule has 1 heterocycles. The summed E-state index contributed by atoms with van der Waals surface area (Å²) in [6.07, 6.45) is 9.47. The third kappa shape index (κ3) is 6.46. The molecule has 22 heavy (non-hydrogen) atoms. The number of rotatable bonds is 8. The average molecular weight is 330 g/mol. The fourth-order valence-electron chi connectivity index (χ4n) is 2.79. The van der Waals surface area contributed by atoms with E-state index in [1.807, 2.05) is 0 Å². The second-order valence-electron chi connectivity index (χ2n) is 5.95. The third-order valence-electron chi connectivity index (χ3n) is 4.03. The lowest BCUT2D eigenvalue weighted by atomic mass is 9.97. The van der Waals surface area contributed by atoms with E-state index in [9.17, 15) is 13.2 Å². The lowest BCUT2D eigenvalue weighted by Crippen LogP contribution is -2.39. The summed E-state index contributed by atoms with van der Waals surface area (Å²) in [5.74, 6) is -0.963. The molecular weight excluding hydrogens is 304 g/mol. The minimum absolute atomic E-state index is 0.0592. The van der Waals surface area contributed by atoms with Crippen molar-refractivity contribution in [2.45, 2.75) is 51.0 Å². The molecule has 6 nitrogen and oxygen atoms in total. The van der Waals surface area contributed by atoms with Crippen LogP contribution in [0.4, 0.5) is 0 Å². The number of allylic oxidation sites excluding steroid dienone is 1. The second-order valence-corrected chi connectivity index (χ2v) is 7.76. The van der Waals surface area contributed by atoms with Gasteiger partial charge in [0.15, 0.2) is 0 Å². The zero-order chi connectivity index (χ0) is 15.8. The molecule has 0 bridgehead atoms. The number of ether oxygens (including phenoxy) is 1. The molecule has 1 fully saturated rings. The van der Waals surface area contributed by atoms with E-state index in [4.69, 9.17) is 4.74 Å². The molecule has 1 saturated heterocycles. The molecule has 0 saturated carbocycles. The molecule has 2 aliphatic rings. The predicted molar refractivity (Wildman–Crippen MR) is 84.9 cm³/mol. The van der Waals surface area contributed by atoms with Gasteiger partial charge in [-0.3, -0.25) is 4.79 Å². The van der Waals surface area contributed by atoms with Crippen molar-refractivity contribution in [2.75, 3.05) is 25.4 Å². The van der Waals surface area contributed by atoms with E-state index < -0.39 is 21.7 Å². The summed E-state index contributed by atoms with van der Waals surface area (Å²) in [6, 6.07) is 0. The van der Waals surface area contributed by atoms with Gasteiger partial charge in [-0.15, -0.1) is 0 Å². The van der Waals surface area contributed by atoms with E-state index in [0.717, 1.165) is 32.1 Å². The Morgan fingerprint density at radius 2 is 2.18 bits per heavy atom. The van der Waals surface area contributed by atoms with Crippen LogP contribution >= 0.6 is 0 Å². The van der Waals surface area contributed by atoms with Gasteiger partial charge in [-0.05, 0) is 44.9 Å². The van der Waals surface area contributed by atoms with Gasteiger partial charge in [0.05, 0.1) is 6.10 Å². The molecular formula is C15H26N2O4S. The Morgan fingerprint density at radius 1 is 1.32 bits per heavy atom. The lowest BCUT2D eigenvalue weighted by molar-refractivity contribution is -0.118. The van der Waals surface area contributed by atoms with Crippen molar-refractivity contribution >= 4 is 15.9 Å². The number of amides is 1. The van der Waals surface area contributed by atoms with Gasteiger partial charge in [0.1, 0.15) is 5.75 Å². The summed E-state index contributed by atoms with van der Waals surface area (Å²) in [4.78, 5) is 11.7. The van der Waals surface area contributed by atoms with Gasteiger partial charge in [-0.2, -0.15) is 0 Å². The standard InChI is InChI=1S/C15H26N2O4S/c18-15(16-9-8-13-5-2-1-3-6-13)12-22(19,20)17-11-14-7-4-10-21-14/h5,14,17H,1-4,6-12H2,(H,16,18)/t14-/m1/s1. The Bertz CT molecular complexity index is 496. The summed E-state index contributed by atoms with van der Waals surface area (Å²) in [7, 11) is -3.58. The maximum Gasteiger partial charge on any atom is 0.236 e. The molecule has 0 aromatic rings. The maximum atomic E-state index is 11.8. The van der Waals surface area contributed by atoms with E-state index in [0.29, 0.717) is 13.2 Å². The van der Waals surface area contributed by atoms with Crippen LogP contribution in [0.25, 0.3) is 0 Å². The second kappa shape index (κ2) is 8.64. The molecule has 1 atom stereocenters. The normalized spacial score (nSPS) is 22.4. The minimum atomic E-state index is -3.58. The van der Waals surface area contributed by atoms with Gasteiger partial charge < -0.3 is 10.1 Å². The van der Waals surface area contributed by atoms with Crippen molar-refractivity contribution in [3.8, 4) is 0 Å².